The highest BCUT2D eigenvalue weighted by atomic mass is 32.1. The van der Waals surface area contributed by atoms with Crippen LogP contribution in [-0.4, -0.2) is 42.6 Å². The van der Waals surface area contributed by atoms with Crippen LogP contribution in [-0.2, 0) is 4.79 Å². The van der Waals surface area contributed by atoms with Crippen molar-refractivity contribution in [3.8, 4) is 11.5 Å². The van der Waals surface area contributed by atoms with Gasteiger partial charge < -0.3 is 20.1 Å². The van der Waals surface area contributed by atoms with Gasteiger partial charge in [-0.05, 0) is 25.0 Å². The van der Waals surface area contributed by atoms with E-state index in [9.17, 15) is 4.79 Å². The Kier molecular flexibility index (Phi) is 4.79. The second-order valence-corrected chi connectivity index (χ2v) is 5.08. The van der Waals surface area contributed by atoms with Gasteiger partial charge in [-0.15, -0.1) is 0 Å². The zero-order valence-electron chi connectivity index (χ0n) is 11.4. The van der Waals surface area contributed by atoms with E-state index < -0.39 is 0 Å². The first-order chi connectivity index (χ1) is 9.60. The maximum atomic E-state index is 11.9. The molecule has 20 heavy (non-hydrogen) atoms. The number of nitrogens with zero attached hydrogens (tertiary/aromatic N) is 1. The lowest BCUT2D eigenvalue weighted by atomic mass is 10.2. The van der Waals surface area contributed by atoms with E-state index in [0.717, 1.165) is 25.9 Å². The standard InChI is InChI=1S/C14H18N2O3S/c1-18-11-6-10(14(15)20)7-12(8-11)19-9-13(17)16-4-2-3-5-16/h6-8H,2-5,9H2,1H3,(H2,15,20). The fraction of sp³-hybridized carbons (Fsp3) is 0.429. The van der Waals surface area contributed by atoms with Crippen LogP contribution in [0.1, 0.15) is 18.4 Å². The van der Waals surface area contributed by atoms with Crippen LogP contribution in [0.15, 0.2) is 18.2 Å². The molecule has 0 aromatic heterocycles. The molecule has 0 aliphatic carbocycles. The Hall–Kier alpha value is -1.82. The number of carbonyl (C=O) groups excluding carboxylic acids is 1. The van der Waals surface area contributed by atoms with Crippen LogP contribution in [0.5, 0.6) is 11.5 Å². The molecule has 1 fully saturated rings. The number of carbonyl (C=O) groups is 1. The average molecular weight is 294 g/mol. The normalized spacial score (nSPS) is 14.2. The Balaban J connectivity index is 2.02. The lowest BCUT2D eigenvalue weighted by molar-refractivity contribution is -0.132. The number of benzene rings is 1. The predicted octanol–water partition coefficient (Wildman–Crippen LogP) is 1.33. The van der Waals surface area contributed by atoms with Crippen molar-refractivity contribution in [1.29, 1.82) is 0 Å². The summed E-state index contributed by atoms with van der Waals surface area (Å²) in [7, 11) is 1.55. The molecule has 0 radical (unpaired) electrons. The van der Waals surface area contributed by atoms with E-state index in [4.69, 9.17) is 27.4 Å². The van der Waals surface area contributed by atoms with E-state index in [-0.39, 0.29) is 17.5 Å². The van der Waals surface area contributed by atoms with Crippen molar-refractivity contribution in [2.45, 2.75) is 12.8 Å². The van der Waals surface area contributed by atoms with Crippen LogP contribution in [0.3, 0.4) is 0 Å². The van der Waals surface area contributed by atoms with E-state index in [0.29, 0.717) is 17.1 Å². The van der Waals surface area contributed by atoms with Gasteiger partial charge in [-0.25, -0.2) is 0 Å². The average Bonchev–Trinajstić information content (AvgIpc) is 2.98. The second kappa shape index (κ2) is 6.56. The minimum atomic E-state index is 0.00203. The fourth-order valence-corrected chi connectivity index (χ4v) is 2.24. The first-order valence-corrected chi connectivity index (χ1v) is 6.90. The Bertz CT molecular complexity index is 513. The number of amides is 1. The molecule has 1 saturated heterocycles. The smallest absolute Gasteiger partial charge is 0.260 e. The van der Waals surface area contributed by atoms with E-state index in [1.54, 1.807) is 25.3 Å². The molecule has 1 aliphatic heterocycles. The number of ether oxygens (including phenoxy) is 2. The summed E-state index contributed by atoms with van der Waals surface area (Å²) in [6.45, 7) is 1.65. The van der Waals surface area contributed by atoms with Crippen LogP contribution in [0, 0.1) is 0 Å². The summed E-state index contributed by atoms with van der Waals surface area (Å²) < 4.78 is 10.7. The molecule has 5 nitrogen and oxygen atoms in total. The molecule has 0 spiro atoms. The van der Waals surface area contributed by atoms with Gasteiger partial charge in [0.2, 0.25) is 0 Å². The number of hydrogen-bond donors (Lipinski definition) is 1. The molecule has 2 rings (SSSR count). The minimum absolute atomic E-state index is 0.00203. The Morgan fingerprint density at radius 2 is 1.95 bits per heavy atom. The van der Waals surface area contributed by atoms with Gasteiger partial charge in [0.05, 0.1) is 7.11 Å². The maximum absolute atomic E-state index is 11.9. The van der Waals surface area contributed by atoms with Crippen molar-refractivity contribution < 1.29 is 14.3 Å². The number of rotatable bonds is 5. The zero-order chi connectivity index (χ0) is 14.5. The first-order valence-electron chi connectivity index (χ1n) is 6.49. The topological polar surface area (TPSA) is 64.8 Å². The Morgan fingerprint density at radius 3 is 2.55 bits per heavy atom. The molecule has 0 atom stereocenters. The van der Waals surface area contributed by atoms with Crippen molar-refractivity contribution in [3.05, 3.63) is 23.8 Å². The third-order valence-electron chi connectivity index (χ3n) is 3.22. The van der Waals surface area contributed by atoms with Gasteiger partial charge in [0, 0.05) is 24.7 Å². The van der Waals surface area contributed by atoms with E-state index in [1.807, 2.05) is 4.90 Å². The van der Waals surface area contributed by atoms with Gasteiger partial charge in [0.15, 0.2) is 6.61 Å². The highest BCUT2D eigenvalue weighted by Crippen LogP contribution is 2.23. The highest BCUT2D eigenvalue weighted by Gasteiger charge is 2.18. The Morgan fingerprint density at radius 1 is 1.30 bits per heavy atom. The molecule has 6 heteroatoms. The van der Waals surface area contributed by atoms with Crippen LogP contribution < -0.4 is 15.2 Å². The van der Waals surface area contributed by atoms with E-state index in [2.05, 4.69) is 0 Å². The third-order valence-corrected chi connectivity index (χ3v) is 3.46. The summed E-state index contributed by atoms with van der Waals surface area (Å²) in [5, 5.41) is 0. The molecule has 2 N–H and O–H groups in total. The Labute approximate surface area is 123 Å². The van der Waals surface area contributed by atoms with Crippen molar-refractivity contribution in [1.82, 2.24) is 4.90 Å². The number of hydrogen-bond acceptors (Lipinski definition) is 4. The van der Waals surface area contributed by atoms with Crippen LogP contribution in [0.2, 0.25) is 0 Å². The van der Waals surface area contributed by atoms with Gasteiger partial charge >= 0.3 is 0 Å². The van der Waals surface area contributed by atoms with Gasteiger partial charge in [-0.1, -0.05) is 12.2 Å². The lowest BCUT2D eigenvalue weighted by Gasteiger charge is -2.16. The van der Waals surface area contributed by atoms with Crippen LogP contribution >= 0.6 is 12.2 Å². The molecular weight excluding hydrogens is 276 g/mol. The summed E-state index contributed by atoms with van der Waals surface area (Å²) in [4.78, 5) is 14.0. The maximum Gasteiger partial charge on any atom is 0.260 e. The molecule has 1 aromatic carbocycles. The van der Waals surface area contributed by atoms with Crippen LogP contribution in [0.4, 0.5) is 0 Å². The number of likely N-dealkylation sites (tertiary alicyclic amines) is 1. The zero-order valence-corrected chi connectivity index (χ0v) is 12.2. The fourth-order valence-electron chi connectivity index (χ4n) is 2.12. The van der Waals surface area contributed by atoms with Gasteiger partial charge in [-0.3, -0.25) is 4.79 Å². The summed E-state index contributed by atoms with van der Waals surface area (Å²) in [6.07, 6.45) is 2.13. The first kappa shape index (κ1) is 14.6. The monoisotopic (exact) mass is 294 g/mol. The molecule has 0 unspecified atom stereocenters. The van der Waals surface area contributed by atoms with Crippen molar-refractivity contribution in [2.75, 3.05) is 26.8 Å². The van der Waals surface area contributed by atoms with Crippen molar-refractivity contribution >= 4 is 23.1 Å². The number of nitrogens with two attached hydrogens (primary N) is 1. The van der Waals surface area contributed by atoms with Gasteiger partial charge in [0.1, 0.15) is 16.5 Å². The van der Waals surface area contributed by atoms with Crippen molar-refractivity contribution in [3.63, 3.8) is 0 Å². The third kappa shape index (κ3) is 3.60. The van der Waals surface area contributed by atoms with Gasteiger partial charge in [0.25, 0.3) is 5.91 Å². The molecule has 1 amide bonds. The van der Waals surface area contributed by atoms with E-state index in [1.165, 1.54) is 0 Å². The SMILES string of the molecule is COc1cc(OCC(=O)N2CCCC2)cc(C(N)=S)c1. The molecule has 1 aromatic rings. The lowest BCUT2D eigenvalue weighted by Crippen LogP contribution is -2.32. The summed E-state index contributed by atoms with van der Waals surface area (Å²) in [5.74, 6) is 1.13. The van der Waals surface area contributed by atoms with Crippen LogP contribution in [0.25, 0.3) is 0 Å². The number of methoxy groups -OCH3 is 1. The van der Waals surface area contributed by atoms with Crippen molar-refractivity contribution in [2.24, 2.45) is 5.73 Å². The van der Waals surface area contributed by atoms with Gasteiger partial charge in [-0.2, -0.15) is 0 Å². The molecule has 0 saturated carbocycles. The molecule has 0 bridgehead atoms. The molecule has 1 aliphatic rings. The highest BCUT2D eigenvalue weighted by molar-refractivity contribution is 7.80. The van der Waals surface area contributed by atoms with E-state index >= 15 is 0 Å². The minimum Gasteiger partial charge on any atom is -0.497 e. The molecule has 1 heterocycles. The number of thiocarbonyl (C=S) groups is 1. The largest absolute Gasteiger partial charge is 0.497 e. The summed E-state index contributed by atoms with van der Waals surface area (Å²) in [5.41, 5.74) is 6.26. The molecule has 108 valence electrons. The quantitative estimate of drug-likeness (QED) is 0.830. The summed E-state index contributed by atoms with van der Waals surface area (Å²) >= 11 is 4.94. The molecular formula is C14H18N2O3S. The predicted molar refractivity (Wildman–Crippen MR) is 80.2 cm³/mol. The summed E-state index contributed by atoms with van der Waals surface area (Å²) in [6, 6.07) is 5.15. The second-order valence-electron chi connectivity index (χ2n) is 4.64.